The van der Waals surface area contributed by atoms with Crippen molar-refractivity contribution < 1.29 is 5.21 Å². The van der Waals surface area contributed by atoms with Crippen LogP contribution in [0.25, 0.3) is 11.1 Å². The maximum Gasteiger partial charge on any atom is 0.0734 e. The number of aryl methyl sites for hydroxylation is 2. The van der Waals surface area contributed by atoms with E-state index < -0.39 is 0 Å². The molecule has 0 amide bonds. The highest BCUT2D eigenvalue weighted by Gasteiger charge is 2.37. The van der Waals surface area contributed by atoms with Gasteiger partial charge in [-0.15, -0.1) is 0 Å². The first-order valence-electron chi connectivity index (χ1n) is 9.10. The van der Waals surface area contributed by atoms with Gasteiger partial charge in [-0.25, -0.2) is 0 Å². The Labute approximate surface area is 151 Å². The van der Waals surface area contributed by atoms with Crippen molar-refractivity contribution >= 4 is 6.21 Å². The Morgan fingerprint density at radius 3 is 2.00 bits per heavy atom. The van der Waals surface area contributed by atoms with E-state index in [0.717, 1.165) is 5.56 Å². The summed E-state index contributed by atoms with van der Waals surface area (Å²) in [4.78, 5) is 0. The van der Waals surface area contributed by atoms with Gasteiger partial charge in [0.15, 0.2) is 0 Å². The van der Waals surface area contributed by atoms with Crippen molar-refractivity contribution in [3.8, 4) is 11.1 Å². The SMILES string of the molecule is Cc1ccc(/C=N/O)cc1-c1cc2c(cc1C)C(C)(C)CCC2(C)C. The minimum Gasteiger partial charge on any atom is -0.411 e. The van der Waals surface area contributed by atoms with E-state index in [1.807, 2.05) is 6.07 Å². The number of hydrogen-bond donors (Lipinski definition) is 1. The third-order valence-corrected chi connectivity index (χ3v) is 5.96. The Kier molecular flexibility index (Phi) is 4.26. The molecule has 0 spiro atoms. The van der Waals surface area contributed by atoms with E-state index in [-0.39, 0.29) is 10.8 Å². The van der Waals surface area contributed by atoms with Gasteiger partial charge in [-0.3, -0.25) is 0 Å². The predicted molar refractivity (Wildman–Crippen MR) is 106 cm³/mol. The molecule has 25 heavy (non-hydrogen) atoms. The third-order valence-electron chi connectivity index (χ3n) is 5.96. The van der Waals surface area contributed by atoms with E-state index in [2.05, 4.69) is 71.0 Å². The lowest BCUT2D eigenvalue weighted by molar-refractivity contribution is 0.322. The molecule has 2 aromatic rings. The first-order valence-corrected chi connectivity index (χ1v) is 9.10. The third kappa shape index (κ3) is 3.10. The molecular formula is C23H29NO. The topological polar surface area (TPSA) is 32.6 Å². The maximum atomic E-state index is 8.86. The zero-order valence-electron chi connectivity index (χ0n) is 16.3. The summed E-state index contributed by atoms with van der Waals surface area (Å²) >= 11 is 0. The number of fused-ring (bicyclic) bond motifs is 1. The molecule has 0 saturated heterocycles. The maximum absolute atomic E-state index is 8.86. The van der Waals surface area contributed by atoms with Gasteiger partial charge in [0.05, 0.1) is 6.21 Å². The predicted octanol–water partition coefficient (Wildman–Crippen LogP) is 6.13. The lowest BCUT2D eigenvalue weighted by Gasteiger charge is -2.42. The quantitative estimate of drug-likeness (QED) is 0.400. The Balaban J connectivity index is 2.25. The lowest BCUT2D eigenvalue weighted by Crippen LogP contribution is -2.34. The van der Waals surface area contributed by atoms with Crippen LogP contribution in [-0.4, -0.2) is 11.4 Å². The van der Waals surface area contributed by atoms with Crippen LogP contribution in [0.5, 0.6) is 0 Å². The molecule has 0 radical (unpaired) electrons. The second-order valence-electron chi connectivity index (χ2n) is 8.80. The minimum atomic E-state index is 0.200. The molecule has 0 bridgehead atoms. The standard InChI is InChI=1S/C23H29NO/c1-15-7-8-17(14-24-25)12-18(15)19-13-21-20(11-16(19)2)22(3,4)9-10-23(21,5)6/h7-8,11-14,25H,9-10H2,1-6H3/b24-14+. The summed E-state index contributed by atoms with van der Waals surface area (Å²) in [5, 5.41) is 12.0. The van der Waals surface area contributed by atoms with Crippen molar-refractivity contribution in [1.29, 1.82) is 0 Å². The Morgan fingerprint density at radius 2 is 1.40 bits per heavy atom. The molecular weight excluding hydrogens is 306 g/mol. The van der Waals surface area contributed by atoms with Crippen LogP contribution >= 0.6 is 0 Å². The van der Waals surface area contributed by atoms with Gasteiger partial charge in [-0.05, 0) is 82.5 Å². The van der Waals surface area contributed by atoms with Gasteiger partial charge in [0.2, 0.25) is 0 Å². The Morgan fingerprint density at radius 1 is 0.840 bits per heavy atom. The molecule has 2 heteroatoms. The number of nitrogens with zero attached hydrogens (tertiary/aromatic N) is 1. The van der Waals surface area contributed by atoms with Crippen LogP contribution in [0.4, 0.5) is 0 Å². The summed E-state index contributed by atoms with van der Waals surface area (Å²) < 4.78 is 0. The van der Waals surface area contributed by atoms with E-state index in [1.165, 1.54) is 52.4 Å². The molecule has 2 aromatic carbocycles. The molecule has 132 valence electrons. The fourth-order valence-electron chi connectivity index (χ4n) is 4.09. The zero-order valence-corrected chi connectivity index (χ0v) is 16.3. The van der Waals surface area contributed by atoms with Crippen molar-refractivity contribution in [2.24, 2.45) is 5.16 Å². The van der Waals surface area contributed by atoms with Crippen LogP contribution < -0.4 is 0 Å². The fraction of sp³-hybridized carbons (Fsp3) is 0.435. The normalized spacial score (nSPS) is 18.3. The summed E-state index contributed by atoms with van der Waals surface area (Å²) in [5.41, 5.74) is 9.38. The molecule has 1 N–H and O–H groups in total. The molecule has 1 aliphatic rings. The second-order valence-corrected chi connectivity index (χ2v) is 8.80. The van der Waals surface area contributed by atoms with E-state index >= 15 is 0 Å². The number of rotatable bonds is 2. The molecule has 0 unspecified atom stereocenters. The Bertz CT molecular complexity index is 843. The summed E-state index contributed by atoms with van der Waals surface area (Å²) in [7, 11) is 0. The zero-order chi connectivity index (χ0) is 18.4. The molecule has 0 aliphatic heterocycles. The van der Waals surface area contributed by atoms with Crippen molar-refractivity contribution in [3.63, 3.8) is 0 Å². The first kappa shape index (κ1) is 17.7. The molecule has 0 saturated carbocycles. The van der Waals surface area contributed by atoms with Gasteiger partial charge < -0.3 is 5.21 Å². The monoisotopic (exact) mass is 335 g/mol. The van der Waals surface area contributed by atoms with Crippen LogP contribution in [0.3, 0.4) is 0 Å². The number of oxime groups is 1. The van der Waals surface area contributed by atoms with Gasteiger partial charge in [0.1, 0.15) is 0 Å². The molecule has 0 aromatic heterocycles. The van der Waals surface area contributed by atoms with Gasteiger partial charge in [0, 0.05) is 0 Å². The van der Waals surface area contributed by atoms with Gasteiger partial charge in [-0.1, -0.05) is 57.1 Å². The van der Waals surface area contributed by atoms with E-state index in [9.17, 15) is 0 Å². The van der Waals surface area contributed by atoms with Crippen LogP contribution in [0.15, 0.2) is 35.5 Å². The molecule has 0 fully saturated rings. The van der Waals surface area contributed by atoms with E-state index in [0.29, 0.717) is 0 Å². The average molecular weight is 335 g/mol. The molecule has 1 aliphatic carbocycles. The van der Waals surface area contributed by atoms with Crippen molar-refractivity contribution in [2.75, 3.05) is 0 Å². The molecule has 0 atom stereocenters. The van der Waals surface area contributed by atoms with Crippen molar-refractivity contribution in [1.82, 2.24) is 0 Å². The van der Waals surface area contributed by atoms with Crippen molar-refractivity contribution in [2.45, 2.75) is 65.2 Å². The van der Waals surface area contributed by atoms with Gasteiger partial charge >= 0.3 is 0 Å². The van der Waals surface area contributed by atoms with Crippen LogP contribution in [0.2, 0.25) is 0 Å². The highest BCUT2D eigenvalue weighted by molar-refractivity contribution is 5.84. The summed E-state index contributed by atoms with van der Waals surface area (Å²) in [6.45, 7) is 13.8. The smallest absolute Gasteiger partial charge is 0.0734 e. The summed E-state index contributed by atoms with van der Waals surface area (Å²) in [5.74, 6) is 0. The molecule has 3 rings (SSSR count). The summed E-state index contributed by atoms with van der Waals surface area (Å²) in [6, 6.07) is 11.0. The average Bonchev–Trinajstić information content (AvgIpc) is 2.54. The molecule has 2 nitrogen and oxygen atoms in total. The van der Waals surface area contributed by atoms with Crippen molar-refractivity contribution in [3.05, 3.63) is 58.1 Å². The minimum absolute atomic E-state index is 0.200. The van der Waals surface area contributed by atoms with Gasteiger partial charge in [0.25, 0.3) is 0 Å². The first-order chi connectivity index (χ1) is 11.7. The highest BCUT2D eigenvalue weighted by atomic mass is 16.4. The highest BCUT2D eigenvalue weighted by Crippen LogP contribution is 2.47. The number of benzene rings is 2. The number of hydrogen-bond acceptors (Lipinski definition) is 2. The Hall–Kier alpha value is -2.09. The lowest BCUT2D eigenvalue weighted by atomic mass is 9.62. The largest absolute Gasteiger partial charge is 0.411 e. The van der Waals surface area contributed by atoms with Crippen LogP contribution in [0, 0.1) is 13.8 Å². The van der Waals surface area contributed by atoms with Crippen LogP contribution in [0.1, 0.15) is 68.4 Å². The van der Waals surface area contributed by atoms with E-state index in [1.54, 1.807) is 0 Å². The van der Waals surface area contributed by atoms with Gasteiger partial charge in [-0.2, -0.15) is 0 Å². The van der Waals surface area contributed by atoms with E-state index in [4.69, 9.17) is 5.21 Å². The second kappa shape index (κ2) is 6.01. The molecule has 0 heterocycles. The fourth-order valence-corrected chi connectivity index (χ4v) is 4.09. The van der Waals surface area contributed by atoms with Crippen LogP contribution in [-0.2, 0) is 10.8 Å². The summed E-state index contributed by atoms with van der Waals surface area (Å²) in [6.07, 6.45) is 3.93.